The van der Waals surface area contributed by atoms with E-state index in [-0.39, 0.29) is 11.7 Å². The summed E-state index contributed by atoms with van der Waals surface area (Å²) in [6.45, 7) is 8.70. The molecule has 1 aliphatic rings. The van der Waals surface area contributed by atoms with Crippen LogP contribution in [0.2, 0.25) is 0 Å². The molecule has 5 nitrogen and oxygen atoms in total. The molecule has 0 aliphatic carbocycles. The van der Waals surface area contributed by atoms with E-state index < -0.39 is 0 Å². The van der Waals surface area contributed by atoms with E-state index in [0.29, 0.717) is 18.7 Å². The van der Waals surface area contributed by atoms with Crippen molar-refractivity contribution in [2.24, 2.45) is 0 Å². The van der Waals surface area contributed by atoms with Gasteiger partial charge in [0.15, 0.2) is 0 Å². The van der Waals surface area contributed by atoms with E-state index in [1.807, 2.05) is 38.2 Å². The monoisotopic (exact) mass is 356 g/mol. The first kappa shape index (κ1) is 18.2. The summed E-state index contributed by atoms with van der Waals surface area (Å²) in [7, 11) is 0. The highest BCUT2D eigenvalue weighted by Crippen LogP contribution is 2.21. The number of aromatic nitrogens is 1. The number of hydrogen-bond donors (Lipinski definition) is 0. The first-order valence-corrected chi connectivity index (χ1v) is 9.12. The molecule has 2 aromatic rings. The van der Waals surface area contributed by atoms with Crippen LogP contribution in [0.25, 0.3) is 0 Å². The summed E-state index contributed by atoms with van der Waals surface area (Å²) in [5, 5.41) is 0. The molecule has 1 amide bonds. The predicted molar refractivity (Wildman–Crippen MR) is 102 cm³/mol. The zero-order valence-electron chi connectivity index (χ0n) is 15.4. The maximum Gasteiger partial charge on any atom is 0.255 e. The van der Waals surface area contributed by atoms with Crippen LogP contribution in [0.3, 0.4) is 0 Å². The van der Waals surface area contributed by atoms with Gasteiger partial charge in [0, 0.05) is 51.2 Å². The Balaban J connectivity index is 1.67. The van der Waals surface area contributed by atoms with E-state index >= 15 is 0 Å². The molecule has 138 valence electrons. The maximum absolute atomic E-state index is 13.1. The minimum Gasteiger partial charge on any atom is -0.368 e. The van der Waals surface area contributed by atoms with Crippen LogP contribution in [-0.2, 0) is 0 Å². The largest absolute Gasteiger partial charge is 0.368 e. The van der Waals surface area contributed by atoms with Crippen molar-refractivity contribution >= 4 is 17.3 Å². The van der Waals surface area contributed by atoms with Crippen LogP contribution in [0.1, 0.15) is 24.2 Å². The minimum atomic E-state index is -0.215. The molecule has 6 heteroatoms. The van der Waals surface area contributed by atoms with Crippen LogP contribution in [0.4, 0.5) is 15.8 Å². The Morgan fingerprint density at radius 3 is 2.15 bits per heavy atom. The fourth-order valence-electron chi connectivity index (χ4n) is 3.29. The summed E-state index contributed by atoms with van der Waals surface area (Å²) in [5.41, 5.74) is 2.64. The molecule has 1 aromatic heterocycles. The third-order valence-corrected chi connectivity index (χ3v) is 4.86. The fourth-order valence-corrected chi connectivity index (χ4v) is 3.29. The van der Waals surface area contributed by atoms with Crippen molar-refractivity contribution in [3.8, 4) is 0 Å². The zero-order chi connectivity index (χ0) is 18.5. The highest BCUT2D eigenvalue weighted by Gasteiger charge is 2.20. The number of nitrogens with zero attached hydrogens (tertiary/aromatic N) is 4. The molecular weight excluding hydrogens is 331 g/mol. The Morgan fingerprint density at radius 1 is 1.00 bits per heavy atom. The van der Waals surface area contributed by atoms with Crippen LogP contribution >= 0.6 is 0 Å². The molecule has 0 spiro atoms. The number of carbonyl (C=O) groups is 1. The highest BCUT2D eigenvalue weighted by molar-refractivity contribution is 5.94. The first-order chi connectivity index (χ1) is 12.6. The molecule has 1 saturated heterocycles. The van der Waals surface area contributed by atoms with Gasteiger partial charge in [-0.05, 0) is 44.2 Å². The molecule has 26 heavy (non-hydrogen) atoms. The number of pyridine rings is 1. The topological polar surface area (TPSA) is 39.7 Å². The van der Waals surface area contributed by atoms with Crippen molar-refractivity contribution in [2.45, 2.75) is 13.8 Å². The number of carbonyl (C=O) groups excluding carboxylic acids is 1. The van der Waals surface area contributed by atoms with Crippen LogP contribution in [0.5, 0.6) is 0 Å². The molecule has 0 N–H and O–H groups in total. The number of hydrogen-bond acceptors (Lipinski definition) is 4. The number of halogens is 1. The predicted octanol–water partition coefficient (Wildman–Crippen LogP) is 3.03. The van der Waals surface area contributed by atoms with Crippen LogP contribution in [0.15, 0.2) is 42.7 Å². The normalized spacial score (nSPS) is 14.4. The van der Waals surface area contributed by atoms with Crippen molar-refractivity contribution in [3.05, 3.63) is 54.1 Å². The maximum atomic E-state index is 13.1. The van der Waals surface area contributed by atoms with Crippen LogP contribution < -0.4 is 9.80 Å². The molecule has 0 atom stereocenters. The van der Waals surface area contributed by atoms with Gasteiger partial charge in [-0.25, -0.2) is 4.39 Å². The zero-order valence-corrected chi connectivity index (χ0v) is 15.4. The Kier molecular flexibility index (Phi) is 5.71. The van der Waals surface area contributed by atoms with Gasteiger partial charge in [0.25, 0.3) is 5.91 Å². The smallest absolute Gasteiger partial charge is 0.255 e. The van der Waals surface area contributed by atoms with Crippen molar-refractivity contribution in [2.75, 3.05) is 49.1 Å². The van der Waals surface area contributed by atoms with Gasteiger partial charge in [-0.3, -0.25) is 9.78 Å². The van der Waals surface area contributed by atoms with E-state index in [2.05, 4.69) is 14.8 Å². The van der Waals surface area contributed by atoms with Gasteiger partial charge < -0.3 is 14.7 Å². The Labute approximate surface area is 154 Å². The van der Waals surface area contributed by atoms with E-state index in [4.69, 9.17) is 0 Å². The van der Waals surface area contributed by atoms with Gasteiger partial charge in [-0.15, -0.1) is 0 Å². The average molecular weight is 356 g/mol. The number of anilines is 2. The molecule has 1 aromatic carbocycles. The lowest BCUT2D eigenvalue weighted by molar-refractivity contribution is 0.0772. The van der Waals surface area contributed by atoms with E-state index in [1.54, 1.807) is 11.1 Å². The van der Waals surface area contributed by atoms with Crippen molar-refractivity contribution in [1.29, 1.82) is 0 Å². The molecule has 0 unspecified atom stereocenters. The van der Waals surface area contributed by atoms with Crippen molar-refractivity contribution in [3.63, 3.8) is 0 Å². The van der Waals surface area contributed by atoms with Gasteiger partial charge in [0.1, 0.15) is 5.82 Å². The van der Waals surface area contributed by atoms with Gasteiger partial charge >= 0.3 is 0 Å². The molecule has 1 aliphatic heterocycles. The Hall–Kier alpha value is -2.63. The van der Waals surface area contributed by atoms with Crippen LogP contribution in [-0.4, -0.2) is 55.1 Å². The minimum absolute atomic E-state index is 0.0225. The lowest BCUT2D eigenvalue weighted by Gasteiger charge is -2.37. The van der Waals surface area contributed by atoms with Crippen LogP contribution in [0, 0.1) is 5.82 Å². The summed E-state index contributed by atoms with van der Waals surface area (Å²) in [5.74, 6) is -0.192. The molecule has 0 radical (unpaired) electrons. The summed E-state index contributed by atoms with van der Waals surface area (Å²) in [6.07, 6.45) is 3.45. The molecule has 0 bridgehead atoms. The van der Waals surface area contributed by atoms with Crippen molar-refractivity contribution < 1.29 is 9.18 Å². The van der Waals surface area contributed by atoms with E-state index in [9.17, 15) is 9.18 Å². The number of piperazine rings is 1. The average Bonchev–Trinajstić information content (AvgIpc) is 2.70. The van der Waals surface area contributed by atoms with E-state index in [0.717, 1.165) is 37.6 Å². The number of benzene rings is 1. The van der Waals surface area contributed by atoms with Gasteiger partial charge in [0.05, 0.1) is 17.4 Å². The Bertz CT molecular complexity index is 738. The SMILES string of the molecule is CCN(CC)C(=O)c1cncc(N2CCN(c3ccc(F)cc3)CC2)c1. The fraction of sp³-hybridized carbons (Fsp3) is 0.400. The molecule has 2 heterocycles. The summed E-state index contributed by atoms with van der Waals surface area (Å²) < 4.78 is 13.1. The molecule has 3 rings (SSSR count). The summed E-state index contributed by atoms with van der Waals surface area (Å²) in [6, 6.07) is 8.55. The summed E-state index contributed by atoms with van der Waals surface area (Å²) >= 11 is 0. The third-order valence-electron chi connectivity index (χ3n) is 4.86. The molecular formula is C20H25FN4O. The van der Waals surface area contributed by atoms with Crippen molar-refractivity contribution in [1.82, 2.24) is 9.88 Å². The molecule has 0 saturated carbocycles. The van der Waals surface area contributed by atoms with Gasteiger partial charge in [-0.1, -0.05) is 0 Å². The lowest BCUT2D eigenvalue weighted by Crippen LogP contribution is -2.46. The number of amides is 1. The van der Waals surface area contributed by atoms with Gasteiger partial charge in [0.2, 0.25) is 0 Å². The highest BCUT2D eigenvalue weighted by atomic mass is 19.1. The second-order valence-electron chi connectivity index (χ2n) is 6.36. The van der Waals surface area contributed by atoms with E-state index in [1.165, 1.54) is 12.1 Å². The second-order valence-corrected chi connectivity index (χ2v) is 6.36. The standard InChI is InChI=1S/C20H25FN4O/c1-3-23(4-2)20(26)16-13-19(15-22-14-16)25-11-9-24(10-12-25)18-7-5-17(21)6-8-18/h5-8,13-15H,3-4,9-12H2,1-2H3. The molecule has 1 fully saturated rings. The number of rotatable bonds is 5. The first-order valence-electron chi connectivity index (χ1n) is 9.12. The lowest BCUT2D eigenvalue weighted by atomic mass is 10.2. The quantitative estimate of drug-likeness (QED) is 0.826. The third kappa shape index (κ3) is 3.95. The Morgan fingerprint density at radius 2 is 1.58 bits per heavy atom. The van der Waals surface area contributed by atoms with Gasteiger partial charge in [-0.2, -0.15) is 0 Å². The summed E-state index contributed by atoms with van der Waals surface area (Å²) in [4.78, 5) is 23.1. The second kappa shape index (κ2) is 8.17.